The Labute approximate surface area is 172 Å². The number of carbonyl (C=O) groups excluding carboxylic acids is 2. The predicted molar refractivity (Wildman–Crippen MR) is 110 cm³/mol. The maximum Gasteiger partial charge on any atom is 0.243 e. The van der Waals surface area contributed by atoms with Crippen LogP contribution >= 0.6 is 0 Å². The minimum absolute atomic E-state index is 0.112. The van der Waals surface area contributed by atoms with Crippen LogP contribution in [-0.4, -0.2) is 79.6 Å². The van der Waals surface area contributed by atoms with E-state index in [0.29, 0.717) is 44.0 Å². The van der Waals surface area contributed by atoms with E-state index in [4.69, 9.17) is 5.73 Å². The number of hydrogen-bond donors (Lipinski definition) is 1. The Balaban J connectivity index is 1.61. The van der Waals surface area contributed by atoms with Crippen molar-refractivity contribution in [2.24, 2.45) is 5.73 Å². The van der Waals surface area contributed by atoms with Gasteiger partial charge in [0.1, 0.15) is 6.04 Å². The zero-order valence-electron chi connectivity index (χ0n) is 17.1. The fraction of sp³-hybridized carbons (Fsp3) is 0.600. The number of carbonyl (C=O) groups is 2. The molecule has 0 aliphatic carbocycles. The van der Waals surface area contributed by atoms with Crippen LogP contribution in [0.3, 0.4) is 0 Å². The number of likely N-dealkylation sites (tertiary alicyclic amines) is 1. The van der Waals surface area contributed by atoms with Gasteiger partial charge in [-0.15, -0.1) is 0 Å². The topological polar surface area (TPSA) is 104 Å². The zero-order chi connectivity index (χ0) is 21.2. The van der Waals surface area contributed by atoms with Gasteiger partial charge in [0.2, 0.25) is 21.8 Å². The van der Waals surface area contributed by atoms with E-state index < -0.39 is 22.0 Å². The lowest BCUT2D eigenvalue weighted by molar-refractivity contribution is -0.142. The van der Waals surface area contributed by atoms with Crippen molar-refractivity contribution in [1.82, 2.24) is 14.1 Å². The van der Waals surface area contributed by atoms with Crippen molar-refractivity contribution in [2.45, 2.75) is 44.0 Å². The molecule has 29 heavy (non-hydrogen) atoms. The summed E-state index contributed by atoms with van der Waals surface area (Å²) in [6, 6.07) is 4.91. The van der Waals surface area contributed by atoms with Crippen LogP contribution in [0.2, 0.25) is 0 Å². The molecule has 2 amide bonds. The van der Waals surface area contributed by atoms with Crippen molar-refractivity contribution in [2.75, 3.05) is 39.3 Å². The molecule has 2 fully saturated rings. The number of nitrogens with two attached hydrogens (primary N) is 1. The van der Waals surface area contributed by atoms with Crippen LogP contribution in [0.5, 0.6) is 0 Å². The van der Waals surface area contributed by atoms with Gasteiger partial charge in [0.15, 0.2) is 0 Å². The summed E-state index contributed by atoms with van der Waals surface area (Å²) in [4.78, 5) is 28.2. The lowest BCUT2D eigenvalue weighted by atomic mass is 10.0. The van der Waals surface area contributed by atoms with Crippen LogP contribution in [0, 0.1) is 13.8 Å². The molecule has 2 saturated heterocycles. The van der Waals surface area contributed by atoms with E-state index in [2.05, 4.69) is 0 Å². The summed E-state index contributed by atoms with van der Waals surface area (Å²) in [6.45, 7) is 6.03. The van der Waals surface area contributed by atoms with Gasteiger partial charge in [-0.1, -0.05) is 12.1 Å². The van der Waals surface area contributed by atoms with Crippen molar-refractivity contribution in [3.05, 3.63) is 29.3 Å². The zero-order valence-corrected chi connectivity index (χ0v) is 18.0. The number of sulfonamides is 1. The Morgan fingerprint density at radius 3 is 2.41 bits per heavy atom. The van der Waals surface area contributed by atoms with Crippen molar-refractivity contribution in [3.63, 3.8) is 0 Å². The largest absolute Gasteiger partial charge is 0.368 e. The molecule has 1 aromatic carbocycles. The molecule has 3 rings (SSSR count). The molecule has 160 valence electrons. The molecule has 8 nitrogen and oxygen atoms in total. The van der Waals surface area contributed by atoms with Crippen LogP contribution in [0.1, 0.15) is 30.4 Å². The van der Waals surface area contributed by atoms with E-state index in [1.165, 1.54) is 4.31 Å². The minimum atomic E-state index is -3.56. The van der Waals surface area contributed by atoms with Crippen LogP contribution in [0.4, 0.5) is 0 Å². The summed E-state index contributed by atoms with van der Waals surface area (Å²) in [5.74, 6) is -0.568. The first-order valence-corrected chi connectivity index (χ1v) is 11.5. The second kappa shape index (κ2) is 8.81. The smallest absolute Gasteiger partial charge is 0.243 e. The van der Waals surface area contributed by atoms with Gasteiger partial charge in [-0.2, -0.15) is 4.31 Å². The second-order valence-electron chi connectivity index (χ2n) is 7.95. The van der Waals surface area contributed by atoms with Crippen LogP contribution in [0.25, 0.3) is 0 Å². The van der Waals surface area contributed by atoms with Crippen molar-refractivity contribution in [3.8, 4) is 0 Å². The number of piperidine rings is 1. The second-order valence-corrected chi connectivity index (χ2v) is 9.86. The van der Waals surface area contributed by atoms with E-state index in [-0.39, 0.29) is 12.5 Å². The van der Waals surface area contributed by atoms with Gasteiger partial charge in [-0.05, 0) is 50.3 Å². The molecule has 0 saturated carbocycles. The third kappa shape index (κ3) is 4.79. The Morgan fingerprint density at radius 1 is 1.07 bits per heavy atom. The molecule has 0 unspecified atom stereocenters. The highest BCUT2D eigenvalue weighted by Gasteiger charge is 2.33. The molecule has 1 aromatic rings. The quantitative estimate of drug-likeness (QED) is 0.743. The van der Waals surface area contributed by atoms with Gasteiger partial charge in [0.25, 0.3) is 0 Å². The molecule has 1 atom stereocenters. The lowest BCUT2D eigenvalue weighted by Gasteiger charge is -2.37. The molecule has 2 N–H and O–H groups in total. The Bertz CT molecular complexity index is 878. The van der Waals surface area contributed by atoms with Gasteiger partial charge in [0, 0.05) is 32.7 Å². The van der Waals surface area contributed by atoms with E-state index in [0.717, 1.165) is 24.0 Å². The molecule has 2 aliphatic heterocycles. The van der Waals surface area contributed by atoms with E-state index in [1.54, 1.807) is 17.9 Å². The summed E-state index contributed by atoms with van der Waals surface area (Å²) in [5.41, 5.74) is 7.09. The van der Waals surface area contributed by atoms with E-state index >= 15 is 0 Å². The molecule has 2 heterocycles. The fourth-order valence-electron chi connectivity index (χ4n) is 4.06. The summed E-state index contributed by atoms with van der Waals surface area (Å²) < 4.78 is 27.6. The van der Waals surface area contributed by atoms with Crippen molar-refractivity contribution in [1.29, 1.82) is 0 Å². The number of piperazine rings is 1. The van der Waals surface area contributed by atoms with Gasteiger partial charge >= 0.3 is 0 Å². The minimum Gasteiger partial charge on any atom is -0.368 e. The number of amides is 2. The average Bonchev–Trinajstić information content (AvgIpc) is 2.70. The molecule has 2 aliphatic rings. The number of aryl methyl sites for hydroxylation is 2. The van der Waals surface area contributed by atoms with Crippen LogP contribution in [0.15, 0.2) is 23.1 Å². The first-order valence-electron chi connectivity index (χ1n) is 10.1. The molecule has 0 radical (unpaired) electrons. The first-order chi connectivity index (χ1) is 13.7. The van der Waals surface area contributed by atoms with Gasteiger partial charge < -0.3 is 10.6 Å². The van der Waals surface area contributed by atoms with Gasteiger partial charge in [-0.3, -0.25) is 14.5 Å². The molecular formula is C20H30N4O4S. The first kappa shape index (κ1) is 21.7. The maximum absolute atomic E-state index is 13.0. The summed E-state index contributed by atoms with van der Waals surface area (Å²) in [7, 11) is -3.56. The van der Waals surface area contributed by atoms with Gasteiger partial charge in [0.05, 0.1) is 11.4 Å². The normalized spacial score (nSPS) is 21.9. The van der Waals surface area contributed by atoms with Crippen molar-refractivity contribution >= 4 is 21.8 Å². The molecule has 0 spiro atoms. The molecule has 0 bridgehead atoms. The summed E-state index contributed by atoms with van der Waals surface area (Å²) >= 11 is 0. The third-order valence-corrected chi connectivity index (χ3v) is 7.84. The standard InChI is InChI=1S/C20H30N4O4S/c1-15-6-7-16(2)18(13-15)29(27,28)23-11-9-22(10-12-23)14-19(25)24-8-4-3-5-17(24)20(21)26/h6-7,13,17H,3-5,8-12,14H2,1-2H3,(H2,21,26)/t17-/m0/s1. The Hall–Kier alpha value is -1.97. The SMILES string of the molecule is Cc1ccc(C)c(S(=O)(=O)N2CCN(CC(=O)N3CCCC[C@H]3C(N)=O)CC2)c1. The number of nitrogens with zero attached hydrogens (tertiary/aromatic N) is 3. The monoisotopic (exact) mass is 422 g/mol. The number of rotatable bonds is 5. The Kier molecular flexibility index (Phi) is 6.60. The highest BCUT2D eigenvalue weighted by Crippen LogP contribution is 2.23. The summed E-state index contributed by atoms with van der Waals surface area (Å²) in [6.07, 6.45) is 2.38. The molecular weight excluding hydrogens is 392 g/mol. The number of primary amides is 1. The van der Waals surface area contributed by atoms with Crippen LogP contribution in [-0.2, 0) is 19.6 Å². The van der Waals surface area contributed by atoms with Crippen LogP contribution < -0.4 is 5.73 Å². The van der Waals surface area contributed by atoms with Crippen molar-refractivity contribution < 1.29 is 18.0 Å². The lowest BCUT2D eigenvalue weighted by Crippen LogP contribution is -2.55. The predicted octanol–water partition coefficient (Wildman–Crippen LogP) is 0.476. The molecule has 0 aromatic heterocycles. The highest BCUT2D eigenvalue weighted by molar-refractivity contribution is 7.89. The highest BCUT2D eigenvalue weighted by atomic mass is 32.2. The van der Waals surface area contributed by atoms with E-state index in [9.17, 15) is 18.0 Å². The van der Waals surface area contributed by atoms with E-state index in [1.807, 2.05) is 24.0 Å². The summed E-state index contributed by atoms with van der Waals surface area (Å²) in [5, 5.41) is 0. The fourth-order valence-corrected chi connectivity index (χ4v) is 5.79. The van der Waals surface area contributed by atoms with Gasteiger partial charge in [-0.25, -0.2) is 8.42 Å². The number of hydrogen-bond acceptors (Lipinski definition) is 5. The third-order valence-electron chi connectivity index (χ3n) is 5.80. The Morgan fingerprint density at radius 2 is 1.76 bits per heavy atom. The maximum atomic E-state index is 13.0. The number of benzene rings is 1. The average molecular weight is 423 g/mol. The molecule has 9 heteroatoms.